The molecule has 0 saturated carbocycles. The quantitative estimate of drug-likeness (QED) is 0.881. The summed E-state index contributed by atoms with van der Waals surface area (Å²) in [7, 11) is 0. The maximum atomic E-state index is 12.3. The van der Waals surface area contributed by atoms with E-state index in [0.29, 0.717) is 17.2 Å². The normalized spacial score (nSPS) is 18.2. The van der Waals surface area contributed by atoms with Gasteiger partial charge in [-0.2, -0.15) is 0 Å². The highest BCUT2D eigenvalue weighted by Gasteiger charge is 2.22. The van der Waals surface area contributed by atoms with Crippen molar-refractivity contribution < 1.29 is 14.3 Å². The van der Waals surface area contributed by atoms with Gasteiger partial charge in [-0.3, -0.25) is 0 Å². The molecule has 0 bridgehead atoms. The van der Waals surface area contributed by atoms with Crippen molar-refractivity contribution in [3.63, 3.8) is 0 Å². The Hall–Kier alpha value is -2.34. The number of benzene rings is 2. The largest absolute Gasteiger partial charge is 0.454 e. The van der Waals surface area contributed by atoms with Gasteiger partial charge in [0, 0.05) is 22.4 Å². The second-order valence-corrected chi connectivity index (χ2v) is 6.53. The molecule has 5 nitrogen and oxygen atoms in total. The molecule has 23 heavy (non-hydrogen) atoms. The highest BCUT2D eigenvalue weighted by Crippen LogP contribution is 2.36. The Labute approximate surface area is 138 Å². The van der Waals surface area contributed by atoms with Crippen molar-refractivity contribution in [2.45, 2.75) is 17.4 Å². The minimum absolute atomic E-state index is 0.0430. The van der Waals surface area contributed by atoms with E-state index < -0.39 is 0 Å². The lowest BCUT2D eigenvalue weighted by Crippen LogP contribution is -2.34. The fourth-order valence-electron chi connectivity index (χ4n) is 2.79. The number of hydrogen-bond acceptors (Lipinski definition) is 4. The highest BCUT2D eigenvalue weighted by molar-refractivity contribution is 7.99. The number of hydrogen-bond donors (Lipinski definition) is 2. The van der Waals surface area contributed by atoms with Crippen LogP contribution in [0.4, 0.5) is 10.5 Å². The van der Waals surface area contributed by atoms with Crippen LogP contribution in [0.3, 0.4) is 0 Å². The lowest BCUT2D eigenvalue weighted by Gasteiger charge is -2.25. The molecule has 2 aromatic carbocycles. The van der Waals surface area contributed by atoms with Crippen molar-refractivity contribution in [3.8, 4) is 11.5 Å². The van der Waals surface area contributed by atoms with Gasteiger partial charge < -0.3 is 20.1 Å². The molecule has 2 heterocycles. The first kappa shape index (κ1) is 14.3. The Morgan fingerprint density at radius 1 is 1.13 bits per heavy atom. The zero-order chi connectivity index (χ0) is 15.6. The molecule has 2 aliphatic rings. The van der Waals surface area contributed by atoms with Gasteiger partial charge in [0.15, 0.2) is 11.5 Å². The molecule has 0 aliphatic carbocycles. The van der Waals surface area contributed by atoms with Gasteiger partial charge in [0.25, 0.3) is 0 Å². The predicted molar refractivity (Wildman–Crippen MR) is 89.2 cm³/mol. The average molecular weight is 328 g/mol. The molecule has 0 radical (unpaired) electrons. The monoisotopic (exact) mass is 328 g/mol. The summed E-state index contributed by atoms with van der Waals surface area (Å²) in [6.07, 6.45) is 0.927. The molecular weight excluding hydrogens is 312 g/mol. The number of anilines is 1. The molecule has 2 aliphatic heterocycles. The van der Waals surface area contributed by atoms with Crippen LogP contribution in [0.2, 0.25) is 0 Å². The van der Waals surface area contributed by atoms with E-state index in [-0.39, 0.29) is 18.9 Å². The standard InChI is InChI=1S/C17H16N2O3S/c20-17(18-11-5-6-14-15(9-11)22-10-21-14)19-13-7-8-23-16-4-2-1-3-12(13)16/h1-6,9,13H,7-8,10H2,(H2,18,19,20)/t13-/m1/s1. The van der Waals surface area contributed by atoms with E-state index in [1.807, 2.05) is 23.9 Å². The van der Waals surface area contributed by atoms with Crippen LogP contribution in [0.5, 0.6) is 11.5 Å². The summed E-state index contributed by atoms with van der Waals surface area (Å²) in [5, 5.41) is 5.91. The molecule has 118 valence electrons. The highest BCUT2D eigenvalue weighted by atomic mass is 32.2. The molecule has 0 unspecified atom stereocenters. The predicted octanol–water partition coefficient (Wildman–Crippen LogP) is 3.77. The SMILES string of the molecule is O=C(Nc1ccc2c(c1)OCO2)N[C@@H]1CCSc2ccccc21. The number of amides is 2. The smallest absolute Gasteiger partial charge is 0.319 e. The molecule has 0 spiro atoms. The fourth-order valence-corrected chi connectivity index (χ4v) is 3.92. The van der Waals surface area contributed by atoms with E-state index >= 15 is 0 Å². The lowest BCUT2D eigenvalue weighted by molar-refractivity contribution is 0.174. The van der Waals surface area contributed by atoms with E-state index in [4.69, 9.17) is 9.47 Å². The average Bonchev–Trinajstić information content (AvgIpc) is 3.03. The van der Waals surface area contributed by atoms with Crippen molar-refractivity contribution in [2.75, 3.05) is 17.9 Å². The molecule has 0 fully saturated rings. The molecule has 2 aromatic rings. The first-order chi connectivity index (χ1) is 11.3. The number of fused-ring (bicyclic) bond motifs is 2. The van der Waals surface area contributed by atoms with E-state index in [1.165, 1.54) is 10.5 Å². The summed E-state index contributed by atoms with van der Waals surface area (Å²) in [4.78, 5) is 13.5. The number of urea groups is 1. The molecule has 2 amide bonds. The number of nitrogens with one attached hydrogen (secondary N) is 2. The molecule has 6 heteroatoms. The van der Waals surface area contributed by atoms with Gasteiger partial charge in [0.05, 0.1) is 6.04 Å². The van der Waals surface area contributed by atoms with Crippen LogP contribution in [0.15, 0.2) is 47.4 Å². The number of carbonyl (C=O) groups is 1. The Balaban J connectivity index is 1.45. The van der Waals surface area contributed by atoms with Crippen LogP contribution in [0.25, 0.3) is 0 Å². The zero-order valence-electron chi connectivity index (χ0n) is 12.4. The molecule has 1 atom stereocenters. The van der Waals surface area contributed by atoms with E-state index in [1.54, 1.807) is 18.2 Å². The lowest BCUT2D eigenvalue weighted by atomic mass is 10.0. The molecule has 0 saturated heterocycles. The van der Waals surface area contributed by atoms with Gasteiger partial charge in [-0.25, -0.2) is 4.79 Å². The van der Waals surface area contributed by atoms with Crippen LogP contribution < -0.4 is 20.1 Å². The van der Waals surface area contributed by atoms with Crippen LogP contribution in [0, 0.1) is 0 Å². The minimum Gasteiger partial charge on any atom is -0.454 e. The van der Waals surface area contributed by atoms with Crippen molar-refractivity contribution in [2.24, 2.45) is 0 Å². The second-order valence-electron chi connectivity index (χ2n) is 5.39. The Kier molecular flexibility index (Phi) is 3.75. The van der Waals surface area contributed by atoms with Crippen LogP contribution in [-0.2, 0) is 0 Å². The van der Waals surface area contributed by atoms with Crippen LogP contribution in [0.1, 0.15) is 18.0 Å². The molecule has 2 N–H and O–H groups in total. The Morgan fingerprint density at radius 2 is 2.00 bits per heavy atom. The van der Waals surface area contributed by atoms with E-state index in [0.717, 1.165) is 12.2 Å². The maximum absolute atomic E-state index is 12.3. The third kappa shape index (κ3) is 2.94. The van der Waals surface area contributed by atoms with Gasteiger partial charge in [0.1, 0.15) is 0 Å². The van der Waals surface area contributed by atoms with Crippen molar-refractivity contribution in [3.05, 3.63) is 48.0 Å². The summed E-state index contributed by atoms with van der Waals surface area (Å²) in [6, 6.07) is 13.4. The summed E-state index contributed by atoms with van der Waals surface area (Å²) in [5.74, 6) is 2.36. The van der Waals surface area contributed by atoms with Crippen molar-refractivity contribution >= 4 is 23.5 Å². The number of thioether (sulfide) groups is 1. The molecule has 0 aromatic heterocycles. The molecular formula is C17H16N2O3S. The van der Waals surface area contributed by atoms with Crippen molar-refractivity contribution in [1.82, 2.24) is 5.32 Å². The number of carbonyl (C=O) groups excluding carboxylic acids is 1. The molecule has 4 rings (SSSR count). The number of ether oxygens (including phenoxy) is 2. The van der Waals surface area contributed by atoms with Crippen molar-refractivity contribution in [1.29, 1.82) is 0 Å². The number of rotatable bonds is 2. The zero-order valence-corrected chi connectivity index (χ0v) is 13.2. The van der Waals surface area contributed by atoms with E-state index in [9.17, 15) is 4.79 Å². The first-order valence-electron chi connectivity index (χ1n) is 7.48. The van der Waals surface area contributed by atoms with Crippen LogP contribution in [-0.4, -0.2) is 18.6 Å². The third-order valence-electron chi connectivity index (χ3n) is 3.89. The topological polar surface area (TPSA) is 59.6 Å². The second kappa shape index (κ2) is 6.04. The third-order valence-corrected chi connectivity index (χ3v) is 5.02. The van der Waals surface area contributed by atoms with Gasteiger partial charge in [-0.1, -0.05) is 18.2 Å². The summed E-state index contributed by atoms with van der Waals surface area (Å²) in [5.41, 5.74) is 1.87. The fraction of sp³-hybridized carbons (Fsp3) is 0.235. The first-order valence-corrected chi connectivity index (χ1v) is 8.47. The van der Waals surface area contributed by atoms with Gasteiger partial charge in [-0.05, 0) is 30.2 Å². The Bertz CT molecular complexity index is 750. The van der Waals surface area contributed by atoms with Gasteiger partial charge in [-0.15, -0.1) is 11.8 Å². The van der Waals surface area contributed by atoms with Gasteiger partial charge >= 0.3 is 6.03 Å². The summed E-state index contributed by atoms with van der Waals surface area (Å²) < 4.78 is 10.6. The Morgan fingerprint density at radius 3 is 2.96 bits per heavy atom. The summed E-state index contributed by atoms with van der Waals surface area (Å²) in [6.45, 7) is 0.224. The van der Waals surface area contributed by atoms with Crippen LogP contribution >= 0.6 is 11.8 Å². The minimum atomic E-state index is -0.212. The maximum Gasteiger partial charge on any atom is 0.319 e. The summed E-state index contributed by atoms with van der Waals surface area (Å²) >= 11 is 1.83. The van der Waals surface area contributed by atoms with Gasteiger partial charge in [0.2, 0.25) is 6.79 Å². The van der Waals surface area contributed by atoms with E-state index in [2.05, 4.69) is 22.8 Å².